The number of epoxide rings is 1. The molecule has 1 saturated heterocycles. The molecule has 1 aliphatic rings. The fraction of sp³-hybridized carbons (Fsp3) is 1.00. The van der Waals surface area contributed by atoms with Crippen LogP contribution in [0.5, 0.6) is 0 Å². The second-order valence-electron chi connectivity index (χ2n) is 2.36. The van der Waals surface area contributed by atoms with Gasteiger partial charge in [-0.15, -0.1) is 0 Å². The first-order valence-corrected chi connectivity index (χ1v) is 2.31. The van der Waals surface area contributed by atoms with Gasteiger partial charge in [-0.25, -0.2) is 0 Å². The van der Waals surface area contributed by atoms with Crippen LogP contribution >= 0.6 is 0 Å². The smallest absolute Gasteiger partial charge is 0.0889 e. The van der Waals surface area contributed by atoms with Crippen molar-refractivity contribution in [2.24, 2.45) is 0 Å². The standard InChI is InChI=1S/C5H10O.H2/c1-4-5(2,3)6-4;/h4H,1-3H3;1H. The van der Waals surface area contributed by atoms with Crippen LogP contribution in [-0.2, 0) is 4.74 Å². The lowest BCUT2D eigenvalue weighted by Crippen LogP contribution is -1.97. The summed E-state index contributed by atoms with van der Waals surface area (Å²) in [4.78, 5) is 0. The Hall–Kier alpha value is -0.0400. The van der Waals surface area contributed by atoms with Gasteiger partial charge in [0.15, 0.2) is 0 Å². The Morgan fingerprint density at radius 3 is 1.83 bits per heavy atom. The van der Waals surface area contributed by atoms with Crippen LogP contribution in [0.3, 0.4) is 0 Å². The molecular weight excluding hydrogens is 76.1 g/mol. The van der Waals surface area contributed by atoms with Crippen molar-refractivity contribution >= 4 is 0 Å². The topological polar surface area (TPSA) is 12.5 Å². The van der Waals surface area contributed by atoms with Crippen molar-refractivity contribution in [3.63, 3.8) is 0 Å². The first-order valence-electron chi connectivity index (χ1n) is 2.31. The molecule has 6 heavy (non-hydrogen) atoms. The Labute approximate surface area is 39.8 Å². The van der Waals surface area contributed by atoms with Crippen LogP contribution in [0.15, 0.2) is 0 Å². The first kappa shape index (κ1) is 4.13. The fourth-order valence-corrected chi connectivity index (χ4v) is 0.422. The fourth-order valence-electron chi connectivity index (χ4n) is 0.422. The van der Waals surface area contributed by atoms with Crippen molar-refractivity contribution in [3.05, 3.63) is 0 Å². The maximum Gasteiger partial charge on any atom is 0.0889 e. The van der Waals surface area contributed by atoms with E-state index in [4.69, 9.17) is 4.74 Å². The molecule has 1 nitrogen and oxygen atoms in total. The monoisotopic (exact) mass is 88.1 g/mol. The lowest BCUT2D eigenvalue weighted by Gasteiger charge is -1.84. The molecule has 0 aliphatic carbocycles. The normalized spacial score (nSPS) is 39.5. The molecule has 0 aromatic carbocycles. The zero-order valence-electron chi connectivity index (χ0n) is 4.49. The Kier molecular flexibility index (Phi) is 0.539. The van der Waals surface area contributed by atoms with E-state index in [1.54, 1.807) is 0 Å². The lowest BCUT2D eigenvalue weighted by atomic mass is 10.2. The van der Waals surface area contributed by atoms with E-state index < -0.39 is 0 Å². The quantitative estimate of drug-likeness (QED) is 0.408. The SMILES string of the molecule is CC1OC1(C)C.[HH]. The van der Waals surface area contributed by atoms with Gasteiger partial charge in [0.25, 0.3) is 0 Å². The Balaban J connectivity index is 0.000000360. The third kappa shape index (κ3) is 0.432. The van der Waals surface area contributed by atoms with Crippen LogP contribution in [0, 0.1) is 0 Å². The van der Waals surface area contributed by atoms with Gasteiger partial charge >= 0.3 is 0 Å². The second kappa shape index (κ2) is 0.784. The Morgan fingerprint density at radius 2 is 1.83 bits per heavy atom. The van der Waals surface area contributed by atoms with Gasteiger partial charge in [-0.3, -0.25) is 0 Å². The highest BCUT2D eigenvalue weighted by atomic mass is 16.6. The van der Waals surface area contributed by atoms with Crippen molar-refractivity contribution in [2.75, 3.05) is 0 Å². The van der Waals surface area contributed by atoms with E-state index in [-0.39, 0.29) is 7.03 Å². The molecule has 0 aromatic heterocycles. The average molecular weight is 88.1 g/mol. The van der Waals surface area contributed by atoms with Crippen molar-refractivity contribution in [1.82, 2.24) is 0 Å². The summed E-state index contributed by atoms with van der Waals surface area (Å²) in [6.45, 7) is 6.27. The summed E-state index contributed by atoms with van der Waals surface area (Å²) in [7, 11) is 0. The summed E-state index contributed by atoms with van der Waals surface area (Å²) in [6.07, 6.45) is 0.498. The molecule has 1 unspecified atom stereocenters. The van der Waals surface area contributed by atoms with E-state index in [0.717, 1.165) is 0 Å². The molecule has 1 atom stereocenters. The lowest BCUT2D eigenvalue weighted by molar-refractivity contribution is 0.328. The van der Waals surface area contributed by atoms with Crippen molar-refractivity contribution < 1.29 is 6.16 Å². The van der Waals surface area contributed by atoms with Crippen molar-refractivity contribution in [3.8, 4) is 0 Å². The molecule has 0 spiro atoms. The minimum atomic E-state index is 0. The van der Waals surface area contributed by atoms with E-state index in [0.29, 0.717) is 6.10 Å². The van der Waals surface area contributed by atoms with E-state index in [1.165, 1.54) is 0 Å². The van der Waals surface area contributed by atoms with E-state index in [1.807, 2.05) is 0 Å². The van der Waals surface area contributed by atoms with Crippen molar-refractivity contribution in [1.29, 1.82) is 0 Å². The summed E-state index contributed by atoms with van der Waals surface area (Å²) in [5.74, 6) is 0. The molecule has 1 fully saturated rings. The number of rotatable bonds is 0. The second-order valence-corrected chi connectivity index (χ2v) is 2.36. The van der Waals surface area contributed by atoms with Gasteiger partial charge < -0.3 is 4.74 Å². The predicted octanol–water partition coefficient (Wildman–Crippen LogP) is 1.43. The van der Waals surface area contributed by atoms with E-state index in [2.05, 4.69) is 20.8 Å². The molecule has 0 saturated carbocycles. The largest absolute Gasteiger partial charge is 0.367 e. The zero-order chi connectivity index (χ0) is 4.78. The molecule has 1 rings (SSSR count). The minimum Gasteiger partial charge on any atom is -0.367 e. The Bertz CT molecular complexity index is 70.5. The molecule has 0 aromatic rings. The third-order valence-electron chi connectivity index (χ3n) is 1.40. The van der Waals surface area contributed by atoms with Crippen molar-refractivity contribution in [2.45, 2.75) is 32.5 Å². The highest BCUT2D eigenvalue weighted by Gasteiger charge is 2.43. The first-order chi connectivity index (χ1) is 2.63. The number of hydrogen-bond acceptors (Lipinski definition) is 1. The van der Waals surface area contributed by atoms with Crippen LogP contribution in [0.1, 0.15) is 22.2 Å². The maximum atomic E-state index is 5.10. The number of ether oxygens (including phenoxy) is 1. The summed E-state index contributed by atoms with van der Waals surface area (Å²) in [5.41, 5.74) is 0.208. The van der Waals surface area contributed by atoms with Gasteiger partial charge in [0, 0.05) is 1.43 Å². The molecule has 0 N–H and O–H groups in total. The van der Waals surface area contributed by atoms with Crippen LogP contribution < -0.4 is 0 Å². The molecule has 0 amide bonds. The summed E-state index contributed by atoms with van der Waals surface area (Å²) >= 11 is 0. The van der Waals surface area contributed by atoms with Gasteiger partial charge in [0.2, 0.25) is 0 Å². The Morgan fingerprint density at radius 1 is 1.67 bits per heavy atom. The molecule has 1 heteroatoms. The number of hydrogen-bond donors (Lipinski definition) is 0. The predicted molar refractivity (Wildman–Crippen MR) is 26.7 cm³/mol. The van der Waals surface area contributed by atoms with Crippen LogP contribution in [0.4, 0.5) is 0 Å². The highest BCUT2D eigenvalue weighted by Crippen LogP contribution is 2.33. The van der Waals surface area contributed by atoms with Gasteiger partial charge in [-0.05, 0) is 20.8 Å². The molecule has 38 valence electrons. The van der Waals surface area contributed by atoms with E-state index in [9.17, 15) is 0 Å². The van der Waals surface area contributed by atoms with Crippen LogP contribution in [0.2, 0.25) is 0 Å². The van der Waals surface area contributed by atoms with Gasteiger partial charge in [0.05, 0.1) is 11.7 Å². The van der Waals surface area contributed by atoms with Gasteiger partial charge in [0.1, 0.15) is 0 Å². The molecular formula is C5H12O. The molecule has 1 heterocycles. The van der Waals surface area contributed by atoms with Crippen LogP contribution in [-0.4, -0.2) is 11.7 Å². The summed E-state index contributed by atoms with van der Waals surface area (Å²) in [5, 5.41) is 0. The third-order valence-corrected chi connectivity index (χ3v) is 1.40. The van der Waals surface area contributed by atoms with Gasteiger partial charge in [-0.2, -0.15) is 0 Å². The highest BCUT2D eigenvalue weighted by molar-refractivity contribution is 4.90. The molecule has 1 aliphatic heterocycles. The molecule has 0 bridgehead atoms. The van der Waals surface area contributed by atoms with Gasteiger partial charge in [-0.1, -0.05) is 0 Å². The summed E-state index contributed by atoms with van der Waals surface area (Å²) < 4.78 is 5.10. The molecule has 0 radical (unpaired) electrons. The van der Waals surface area contributed by atoms with E-state index >= 15 is 0 Å². The maximum absolute atomic E-state index is 5.10. The average Bonchev–Trinajstić information content (AvgIpc) is 1.73. The minimum absolute atomic E-state index is 0. The zero-order valence-corrected chi connectivity index (χ0v) is 4.49. The van der Waals surface area contributed by atoms with Crippen LogP contribution in [0.25, 0.3) is 0 Å². The summed E-state index contributed by atoms with van der Waals surface area (Å²) in [6, 6.07) is 0.